The number of halogens is 1. The van der Waals surface area contributed by atoms with Crippen molar-refractivity contribution in [3.05, 3.63) is 17.4 Å². The number of hydrogen-bond acceptors (Lipinski definition) is 4. The maximum absolute atomic E-state index is 14.6. The predicted molar refractivity (Wildman–Crippen MR) is 75.3 cm³/mol. The topological polar surface area (TPSA) is 53.7 Å². The normalized spacial score (nSPS) is 17.1. The Labute approximate surface area is 119 Å². The van der Waals surface area contributed by atoms with Crippen molar-refractivity contribution < 1.29 is 18.6 Å². The monoisotopic (exact) mass is 283 g/mol. The molecule has 0 radical (unpaired) electrons. The third-order valence-corrected chi connectivity index (χ3v) is 4.29. The van der Waals surface area contributed by atoms with Gasteiger partial charge in [-0.15, -0.1) is 0 Å². The predicted octanol–water partition coefficient (Wildman–Crippen LogP) is 2.62. The van der Waals surface area contributed by atoms with E-state index >= 15 is 0 Å². The van der Waals surface area contributed by atoms with Crippen molar-refractivity contribution in [2.24, 2.45) is 5.73 Å². The maximum Gasteiger partial charge on any atom is 0.210 e. The van der Waals surface area contributed by atoms with E-state index in [0.29, 0.717) is 12.3 Å². The molecule has 4 nitrogen and oxygen atoms in total. The Balaban J connectivity index is 2.65. The van der Waals surface area contributed by atoms with Crippen LogP contribution in [0.4, 0.5) is 4.39 Å². The molecule has 0 aromatic heterocycles. The van der Waals surface area contributed by atoms with Gasteiger partial charge in [0.25, 0.3) is 0 Å². The van der Waals surface area contributed by atoms with E-state index in [4.69, 9.17) is 19.9 Å². The van der Waals surface area contributed by atoms with Gasteiger partial charge in [-0.1, -0.05) is 12.8 Å². The van der Waals surface area contributed by atoms with Crippen molar-refractivity contribution in [1.29, 1.82) is 0 Å². The van der Waals surface area contributed by atoms with Gasteiger partial charge >= 0.3 is 0 Å². The lowest BCUT2D eigenvalue weighted by atomic mass is 9.78. The summed E-state index contributed by atoms with van der Waals surface area (Å²) in [6, 6.07) is 1.80. The quantitative estimate of drug-likeness (QED) is 0.902. The van der Waals surface area contributed by atoms with Crippen molar-refractivity contribution in [2.75, 3.05) is 27.9 Å². The van der Waals surface area contributed by atoms with Crippen LogP contribution in [-0.2, 0) is 5.41 Å². The zero-order valence-corrected chi connectivity index (χ0v) is 12.3. The van der Waals surface area contributed by atoms with Crippen LogP contribution in [0.1, 0.15) is 31.2 Å². The second kappa shape index (κ2) is 5.87. The van der Waals surface area contributed by atoms with Gasteiger partial charge < -0.3 is 19.9 Å². The highest BCUT2D eigenvalue weighted by atomic mass is 19.1. The molecule has 0 saturated heterocycles. The maximum atomic E-state index is 14.6. The molecule has 0 aliphatic heterocycles. The Bertz CT molecular complexity index is 484. The Morgan fingerprint density at radius 2 is 1.70 bits per heavy atom. The Kier molecular flexibility index (Phi) is 4.38. The van der Waals surface area contributed by atoms with E-state index in [-0.39, 0.29) is 16.9 Å². The standard InChI is InChI=1S/C15H22FNO3/c1-18-11-8-10(15(9-17)6-4-5-7-15)13(19-2)12(16)14(11)20-3/h8H,4-7,9,17H2,1-3H3. The van der Waals surface area contributed by atoms with Gasteiger partial charge in [-0.25, -0.2) is 0 Å². The zero-order valence-electron chi connectivity index (χ0n) is 12.3. The molecule has 0 spiro atoms. The minimum Gasteiger partial charge on any atom is -0.493 e. The molecule has 2 N–H and O–H groups in total. The van der Waals surface area contributed by atoms with Crippen LogP contribution in [0, 0.1) is 5.82 Å². The smallest absolute Gasteiger partial charge is 0.210 e. The van der Waals surface area contributed by atoms with E-state index in [9.17, 15) is 4.39 Å². The second-order valence-electron chi connectivity index (χ2n) is 5.20. The molecule has 1 saturated carbocycles. The van der Waals surface area contributed by atoms with E-state index in [1.807, 2.05) is 0 Å². The van der Waals surface area contributed by atoms with Gasteiger partial charge in [0, 0.05) is 17.5 Å². The summed E-state index contributed by atoms with van der Waals surface area (Å²) in [5, 5.41) is 0. The van der Waals surface area contributed by atoms with Crippen LogP contribution < -0.4 is 19.9 Å². The van der Waals surface area contributed by atoms with Crippen LogP contribution in [-0.4, -0.2) is 27.9 Å². The first-order valence-electron chi connectivity index (χ1n) is 6.82. The van der Waals surface area contributed by atoms with Gasteiger partial charge in [-0.3, -0.25) is 0 Å². The fourth-order valence-corrected chi connectivity index (χ4v) is 3.16. The van der Waals surface area contributed by atoms with Gasteiger partial charge in [0.05, 0.1) is 21.3 Å². The number of benzene rings is 1. The number of nitrogens with two attached hydrogens (primary N) is 1. The summed E-state index contributed by atoms with van der Waals surface area (Å²) in [6.45, 7) is 0.471. The molecule has 0 heterocycles. The molecule has 2 rings (SSSR count). The molecule has 0 bridgehead atoms. The van der Waals surface area contributed by atoms with Crippen molar-refractivity contribution in [3.8, 4) is 17.2 Å². The summed E-state index contributed by atoms with van der Waals surface area (Å²) in [6.07, 6.45) is 4.07. The molecular formula is C15H22FNO3. The highest BCUT2D eigenvalue weighted by Gasteiger charge is 2.39. The first kappa shape index (κ1) is 14.9. The lowest BCUT2D eigenvalue weighted by Gasteiger charge is -2.30. The molecule has 1 aliphatic rings. The summed E-state index contributed by atoms with van der Waals surface area (Å²) in [7, 11) is 4.37. The van der Waals surface area contributed by atoms with Crippen molar-refractivity contribution in [1.82, 2.24) is 0 Å². The van der Waals surface area contributed by atoms with Crippen molar-refractivity contribution in [2.45, 2.75) is 31.1 Å². The Hall–Kier alpha value is -1.49. The lowest BCUT2D eigenvalue weighted by molar-refractivity contribution is 0.309. The first-order valence-corrected chi connectivity index (χ1v) is 6.82. The fraction of sp³-hybridized carbons (Fsp3) is 0.600. The van der Waals surface area contributed by atoms with E-state index in [1.54, 1.807) is 6.07 Å². The highest BCUT2D eigenvalue weighted by Crippen LogP contribution is 2.49. The molecule has 0 atom stereocenters. The lowest BCUT2D eigenvalue weighted by Crippen LogP contribution is -2.32. The highest BCUT2D eigenvalue weighted by molar-refractivity contribution is 5.55. The molecule has 0 unspecified atom stereocenters. The largest absolute Gasteiger partial charge is 0.493 e. The molecule has 1 aromatic rings. The average molecular weight is 283 g/mol. The van der Waals surface area contributed by atoms with Crippen LogP contribution in [0.2, 0.25) is 0 Å². The van der Waals surface area contributed by atoms with Gasteiger partial charge in [0.1, 0.15) is 0 Å². The van der Waals surface area contributed by atoms with Gasteiger partial charge in [-0.2, -0.15) is 4.39 Å². The Morgan fingerprint density at radius 1 is 1.10 bits per heavy atom. The average Bonchev–Trinajstić information content (AvgIpc) is 2.96. The second-order valence-corrected chi connectivity index (χ2v) is 5.20. The van der Waals surface area contributed by atoms with E-state index in [1.165, 1.54) is 21.3 Å². The molecule has 5 heteroatoms. The van der Waals surface area contributed by atoms with Crippen LogP contribution >= 0.6 is 0 Å². The number of hydrogen-bond donors (Lipinski definition) is 1. The van der Waals surface area contributed by atoms with E-state index in [0.717, 1.165) is 31.2 Å². The van der Waals surface area contributed by atoms with Crippen LogP contribution in [0.15, 0.2) is 6.07 Å². The van der Waals surface area contributed by atoms with Crippen molar-refractivity contribution >= 4 is 0 Å². The summed E-state index contributed by atoms with van der Waals surface area (Å²) in [5.74, 6) is 0.137. The SMILES string of the molecule is COc1cc(C2(CN)CCCC2)c(OC)c(F)c1OC. The van der Waals surface area contributed by atoms with E-state index in [2.05, 4.69) is 0 Å². The van der Waals surface area contributed by atoms with Crippen LogP contribution in [0.3, 0.4) is 0 Å². The fourth-order valence-electron chi connectivity index (χ4n) is 3.16. The van der Waals surface area contributed by atoms with Gasteiger partial charge in [0.15, 0.2) is 11.5 Å². The zero-order chi connectivity index (χ0) is 14.8. The third-order valence-electron chi connectivity index (χ3n) is 4.29. The first-order chi connectivity index (χ1) is 9.63. The number of ether oxygens (including phenoxy) is 3. The molecule has 20 heavy (non-hydrogen) atoms. The summed E-state index contributed by atoms with van der Waals surface area (Å²) in [4.78, 5) is 0. The van der Waals surface area contributed by atoms with Crippen molar-refractivity contribution in [3.63, 3.8) is 0 Å². The molecule has 1 fully saturated rings. The van der Waals surface area contributed by atoms with Gasteiger partial charge in [-0.05, 0) is 18.9 Å². The molecule has 1 aromatic carbocycles. The van der Waals surface area contributed by atoms with Gasteiger partial charge in [0.2, 0.25) is 11.6 Å². The minimum absolute atomic E-state index is 0.0678. The summed E-state index contributed by atoms with van der Waals surface area (Å²) >= 11 is 0. The Morgan fingerprint density at radius 3 is 2.15 bits per heavy atom. The van der Waals surface area contributed by atoms with Crippen LogP contribution in [0.25, 0.3) is 0 Å². The molecule has 0 amide bonds. The molecule has 1 aliphatic carbocycles. The minimum atomic E-state index is -0.524. The number of methoxy groups -OCH3 is 3. The summed E-state index contributed by atoms with van der Waals surface area (Å²) < 4.78 is 30.2. The summed E-state index contributed by atoms with van der Waals surface area (Å²) in [5.41, 5.74) is 6.54. The molecular weight excluding hydrogens is 261 g/mol. The third kappa shape index (κ3) is 2.20. The number of rotatable bonds is 5. The molecule has 112 valence electrons. The van der Waals surface area contributed by atoms with E-state index < -0.39 is 5.82 Å². The van der Waals surface area contributed by atoms with Crippen LogP contribution in [0.5, 0.6) is 17.2 Å².